The van der Waals surface area contributed by atoms with Crippen LogP contribution < -0.4 is 10.6 Å². The summed E-state index contributed by atoms with van der Waals surface area (Å²) in [6.07, 6.45) is 1.17. The van der Waals surface area contributed by atoms with E-state index in [-0.39, 0.29) is 0 Å². The molecular formula is C13H20N2S. The molecule has 2 N–H and O–H groups in total. The molecule has 1 aromatic rings. The maximum atomic E-state index is 5.12. The molecule has 16 heavy (non-hydrogen) atoms. The lowest BCUT2D eigenvalue weighted by Gasteiger charge is -2.11. The lowest BCUT2D eigenvalue weighted by atomic mass is 9.99. The summed E-state index contributed by atoms with van der Waals surface area (Å²) < 4.78 is 0. The molecule has 0 saturated heterocycles. The number of anilines is 1. The smallest absolute Gasteiger partial charge is 0.170 e. The fourth-order valence-electron chi connectivity index (χ4n) is 1.47. The van der Waals surface area contributed by atoms with Gasteiger partial charge in [0.25, 0.3) is 0 Å². The first-order valence-corrected chi connectivity index (χ1v) is 6.23. The Kier molecular flexibility index (Phi) is 5.26. The van der Waals surface area contributed by atoms with Gasteiger partial charge in [0.1, 0.15) is 0 Å². The van der Waals surface area contributed by atoms with Crippen molar-refractivity contribution in [2.45, 2.75) is 33.1 Å². The second-order valence-corrected chi connectivity index (χ2v) is 4.32. The van der Waals surface area contributed by atoms with Crippen molar-refractivity contribution in [2.24, 2.45) is 0 Å². The maximum absolute atomic E-state index is 5.12. The first-order chi connectivity index (χ1) is 7.67. The van der Waals surface area contributed by atoms with Crippen LogP contribution in [0.15, 0.2) is 24.3 Å². The first-order valence-electron chi connectivity index (χ1n) is 5.82. The fraction of sp³-hybridized carbons (Fsp3) is 0.462. The zero-order valence-corrected chi connectivity index (χ0v) is 11.0. The summed E-state index contributed by atoms with van der Waals surface area (Å²) in [6, 6.07) is 8.46. The minimum atomic E-state index is 0.620. The number of nitrogens with one attached hydrogen (secondary N) is 2. The molecule has 3 heteroatoms. The Morgan fingerprint density at radius 2 is 1.88 bits per heavy atom. The van der Waals surface area contributed by atoms with Gasteiger partial charge in [-0.05, 0) is 49.2 Å². The molecule has 0 saturated carbocycles. The third-order valence-corrected chi connectivity index (χ3v) is 2.93. The lowest BCUT2D eigenvalue weighted by Crippen LogP contribution is -2.27. The summed E-state index contributed by atoms with van der Waals surface area (Å²) in [5, 5.41) is 6.89. The summed E-state index contributed by atoms with van der Waals surface area (Å²) in [5.41, 5.74) is 2.42. The molecule has 0 aliphatic carbocycles. The van der Waals surface area contributed by atoms with Gasteiger partial charge in [-0.15, -0.1) is 0 Å². The van der Waals surface area contributed by atoms with E-state index in [1.165, 1.54) is 12.0 Å². The van der Waals surface area contributed by atoms with Crippen LogP contribution in [0.1, 0.15) is 38.7 Å². The molecule has 0 aliphatic heterocycles. The Hall–Kier alpha value is -1.09. The molecule has 0 radical (unpaired) electrons. The van der Waals surface area contributed by atoms with E-state index in [1.807, 2.05) is 6.92 Å². The second kappa shape index (κ2) is 6.48. The largest absolute Gasteiger partial charge is 0.363 e. The van der Waals surface area contributed by atoms with Crippen molar-refractivity contribution in [3.63, 3.8) is 0 Å². The van der Waals surface area contributed by atoms with E-state index in [0.717, 1.165) is 12.2 Å². The second-order valence-electron chi connectivity index (χ2n) is 3.92. The highest BCUT2D eigenvalue weighted by Gasteiger charge is 2.02. The van der Waals surface area contributed by atoms with Crippen molar-refractivity contribution in [3.8, 4) is 0 Å². The van der Waals surface area contributed by atoms with E-state index in [9.17, 15) is 0 Å². The van der Waals surface area contributed by atoms with Gasteiger partial charge in [-0.1, -0.05) is 26.0 Å². The Labute approximate surface area is 103 Å². The van der Waals surface area contributed by atoms with Crippen molar-refractivity contribution in [2.75, 3.05) is 11.9 Å². The number of hydrogen-bond acceptors (Lipinski definition) is 1. The van der Waals surface area contributed by atoms with Gasteiger partial charge in [-0.3, -0.25) is 0 Å². The molecule has 0 bridgehead atoms. The van der Waals surface area contributed by atoms with Gasteiger partial charge in [-0.25, -0.2) is 0 Å². The highest BCUT2D eigenvalue weighted by Crippen LogP contribution is 2.20. The zero-order valence-electron chi connectivity index (χ0n) is 10.2. The molecule has 2 nitrogen and oxygen atoms in total. The van der Waals surface area contributed by atoms with Gasteiger partial charge in [-0.2, -0.15) is 0 Å². The number of thiocarbonyl (C=S) groups is 1. The van der Waals surface area contributed by atoms with Crippen LogP contribution in [0.5, 0.6) is 0 Å². The third-order valence-electron chi connectivity index (χ3n) is 2.69. The summed E-state index contributed by atoms with van der Waals surface area (Å²) in [5.74, 6) is 0.620. The lowest BCUT2D eigenvalue weighted by molar-refractivity contribution is 0.734. The molecule has 1 unspecified atom stereocenters. The van der Waals surface area contributed by atoms with Crippen LogP contribution in [0.3, 0.4) is 0 Å². The van der Waals surface area contributed by atoms with Crippen molar-refractivity contribution < 1.29 is 0 Å². The molecule has 1 atom stereocenters. The molecule has 0 spiro atoms. The maximum Gasteiger partial charge on any atom is 0.170 e. The molecule has 0 heterocycles. The van der Waals surface area contributed by atoms with Crippen molar-refractivity contribution in [1.29, 1.82) is 0 Å². The quantitative estimate of drug-likeness (QED) is 0.782. The van der Waals surface area contributed by atoms with Crippen LogP contribution in [0.4, 0.5) is 5.69 Å². The van der Waals surface area contributed by atoms with Crippen LogP contribution in [0.25, 0.3) is 0 Å². The Morgan fingerprint density at radius 1 is 1.25 bits per heavy atom. The van der Waals surface area contributed by atoms with E-state index in [4.69, 9.17) is 12.2 Å². The predicted molar refractivity (Wildman–Crippen MR) is 75.0 cm³/mol. The summed E-state index contributed by atoms with van der Waals surface area (Å²) in [4.78, 5) is 0. The third kappa shape index (κ3) is 3.81. The average Bonchev–Trinajstić information content (AvgIpc) is 2.29. The van der Waals surface area contributed by atoms with Crippen molar-refractivity contribution >= 4 is 23.0 Å². The van der Waals surface area contributed by atoms with Gasteiger partial charge >= 0.3 is 0 Å². The topological polar surface area (TPSA) is 24.1 Å². The summed E-state index contributed by atoms with van der Waals surface area (Å²) in [7, 11) is 0. The van der Waals surface area contributed by atoms with Gasteiger partial charge in [0.15, 0.2) is 5.11 Å². The Balaban J connectivity index is 2.61. The predicted octanol–water partition coefficient (Wildman–Crippen LogP) is 3.51. The minimum Gasteiger partial charge on any atom is -0.363 e. The molecule has 1 aromatic carbocycles. The minimum absolute atomic E-state index is 0.620. The monoisotopic (exact) mass is 236 g/mol. The van der Waals surface area contributed by atoms with Gasteiger partial charge < -0.3 is 10.6 Å². The number of benzene rings is 1. The molecule has 1 rings (SSSR count). The van der Waals surface area contributed by atoms with Crippen molar-refractivity contribution in [1.82, 2.24) is 5.32 Å². The van der Waals surface area contributed by atoms with Gasteiger partial charge in [0.2, 0.25) is 0 Å². The fourth-order valence-corrected chi connectivity index (χ4v) is 1.73. The average molecular weight is 236 g/mol. The van der Waals surface area contributed by atoms with Crippen LogP contribution in [-0.2, 0) is 0 Å². The summed E-state index contributed by atoms with van der Waals surface area (Å²) >= 11 is 5.12. The molecule has 0 fully saturated rings. The Bertz CT molecular complexity index is 332. The highest BCUT2D eigenvalue weighted by molar-refractivity contribution is 7.80. The van der Waals surface area contributed by atoms with E-state index in [0.29, 0.717) is 11.0 Å². The van der Waals surface area contributed by atoms with E-state index < -0.39 is 0 Å². The number of hydrogen-bond donors (Lipinski definition) is 2. The molecular weight excluding hydrogens is 216 g/mol. The zero-order chi connectivity index (χ0) is 12.0. The van der Waals surface area contributed by atoms with Gasteiger partial charge in [0.05, 0.1) is 0 Å². The molecule has 0 aliphatic rings. The number of rotatable bonds is 4. The van der Waals surface area contributed by atoms with Crippen LogP contribution >= 0.6 is 12.2 Å². The van der Waals surface area contributed by atoms with Gasteiger partial charge in [0, 0.05) is 12.2 Å². The molecule has 0 aromatic heterocycles. The molecule has 88 valence electrons. The highest BCUT2D eigenvalue weighted by atomic mass is 32.1. The van der Waals surface area contributed by atoms with Crippen LogP contribution in [0.2, 0.25) is 0 Å². The van der Waals surface area contributed by atoms with E-state index in [1.54, 1.807) is 0 Å². The van der Waals surface area contributed by atoms with E-state index in [2.05, 4.69) is 48.7 Å². The molecule has 0 amide bonds. The summed E-state index contributed by atoms with van der Waals surface area (Å²) in [6.45, 7) is 7.32. The Morgan fingerprint density at radius 3 is 2.38 bits per heavy atom. The SMILES string of the molecule is CCNC(=S)Nc1ccc(C(C)CC)cc1. The standard InChI is InChI=1S/C13H20N2S/c1-4-10(3)11-6-8-12(9-7-11)15-13(16)14-5-2/h6-10H,4-5H2,1-3H3,(H2,14,15,16). The first kappa shape index (κ1) is 13.0. The van der Waals surface area contributed by atoms with Crippen LogP contribution in [0, 0.1) is 0 Å². The van der Waals surface area contributed by atoms with E-state index >= 15 is 0 Å². The normalized spacial score (nSPS) is 11.9. The van der Waals surface area contributed by atoms with Crippen molar-refractivity contribution in [3.05, 3.63) is 29.8 Å². The van der Waals surface area contributed by atoms with Crippen LogP contribution in [-0.4, -0.2) is 11.7 Å².